The number of nitrogens with two attached hydrogens (primary N) is 1. The van der Waals surface area contributed by atoms with Crippen LogP contribution < -0.4 is 11.1 Å². The molecule has 0 amide bonds. The second-order valence-electron chi connectivity index (χ2n) is 5.36. The molecule has 3 atom stereocenters. The summed E-state index contributed by atoms with van der Waals surface area (Å²) >= 11 is 0. The SMILES string of the molecule is CN1CCC(CCNC2CCCC2N)C1. The standard InChI is InChI=1S/C12H25N3/c1-15-8-6-10(9-15)5-7-14-12-4-2-3-11(12)13/h10-12,14H,2-9,13H2,1H3. The topological polar surface area (TPSA) is 41.3 Å². The van der Waals surface area contributed by atoms with Crippen molar-refractivity contribution in [3.05, 3.63) is 0 Å². The summed E-state index contributed by atoms with van der Waals surface area (Å²) < 4.78 is 0. The van der Waals surface area contributed by atoms with Gasteiger partial charge < -0.3 is 16.0 Å². The molecule has 0 bridgehead atoms. The fourth-order valence-electron chi connectivity index (χ4n) is 2.98. The van der Waals surface area contributed by atoms with Crippen LogP contribution in [0.2, 0.25) is 0 Å². The molecule has 1 heterocycles. The lowest BCUT2D eigenvalue weighted by Crippen LogP contribution is -2.41. The molecule has 15 heavy (non-hydrogen) atoms. The fraction of sp³-hybridized carbons (Fsp3) is 1.00. The highest BCUT2D eigenvalue weighted by molar-refractivity contribution is 4.86. The monoisotopic (exact) mass is 211 g/mol. The van der Waals surface area contributed by atoms with E-state index in [4.69, 9.17) is 5.73 Å². The lowest BCUT2D eigenvalue weighted by atomic mass is 10.0. The summed E-state index contributed by atoms with van der Waals surface area (Å²) in [6.45, 7) is 3.74. The molecular formula is C12H25N3. The molecule has 3 unspecified atom stereocenters. The highest BCUT2D eigenvalue weighted by atomic mass is 15.1. The average molecular weight is 211 g/mol. The molecule has 2 fully saturated rings. The zero-order valence-corrected chi connectivity index (χ0v) is 9.91. The Morgan fingerprint density at radius 3 is 2.80 bits per heavy atom. The molecule has 0 radical (unpaired) electrons. The summed E-state index contributed by atoms with van der Waals surface area (Å²) in [6, 6.07) is 1.01. The van der Waals surface area contributed by atoms with Crippen LogP contribution in [-0.4, -0.2) is 43.7 Å². The van der Waals surface area contributed by atoms with Crippen molar-refractivity contribution in [3.63, 3.8) is 0 Å². The van der Waals surface area contributed by atoms with Crippen LogP contribution in [0.3, 0.4) is 0 Å². The van der Waals surface area contributed by atoms with Gasteiger partial charge in [0.2, 0.25) is 0 Å². The first-order valence-electron chi connectivity index (χ1n) is 6.43. The highest BCUT2D eigenvalue weighted by Crippen LogP contribution is 2.19. The molecule has 2 rings (SSSR count). The van der Waals surface area contributed by atoms with Crippen LogP contribution in [0.25, 0.3) is 0 Å². The van der Waals surface area contributed by atoms with Gasteiger partial charge in [-0.1, -0.05) is 6.42 Å². The Bertz CT molecular complexity index is 195. The fourth-order valence-corrected chi connectivity index (χ4v) is 2.98. The third-order valence-electron chi connectivity index (χ3n) is 4.02. The second kappa shape index (κ2) is 5.28. The Kier molecular flexibility index (Phi) is 4.00. The van der Waals surface area contributed by atoms with Crippen LogP contribution in [0.4, 0.5) is 0 Å². The molecule has 0 spiro atoms. The van der Waals surface area contributed by atoms with Crippen molar-refractivity contribution >= 4 is 0 Å². The molecule has 1 aliphatic heterocycles. The number of nitrogens with one attached hydrogen (secondary N) is 1. The molecule has 88 valence electrons. The molecular weight excluding hydrogens is 186 g/mol. The molecule has 3 nitrogen and oxygen atoms in total. The van der Waals surface area contributed by atoms with E-state index in [2.05, 4.69) is 17.3 Å². The zero-order valence-electron chi connectivity index (χ0n) is 9.91. The molecule has 0 aromatic heterocycles. The van der Waals surface area contributed by atoms with Crippen LogP contribution in [0.1, 0.15) is 32.1 Å². The number of hydrogen-bond acceptors (Lipinski definition) is 3. The van der Waals surface area contributed by atoms with Crippen LogP contribution in [0.5, 0.6) is 0 Å². The summed E-state index contributed by atoms with van der Waals surface area (Å²) in [4.78, 5) is 2.44. The van der Waals surface area contributed by atoms with Gasteiger partial charge in [0, 0.05) is 18.6 Å². The third kappa shape index (κ3) is 3.16. The predicted octanol–water partition coefficient (Wildman–Crippen LogP) is 0.798. The van der Waals surface area contributed by atoms with Gasteiger partial charge in [-0.05, 0) is 51.7 Å². The average Bonchev–Trinajstić information content (AvgIpc) is 2.77. The van der Waals surface area contributed by atoms with Crippen molar-refractivity contribution in [2.75, 3.05) is 26.7 Å². The van der Waals surface area contributed by atoms with Gasteiger partial charge in [-0.25, -0.2) is 0 Å². The lowest BCUT2D eigenvalue weighted by Gasteiger charge is -2.18. The summed E-state index contributed by atoms with van der Waals surface area (Å²) in [7, 11) is 2.22. The van der Waals surface area contributed by atoms with Gasteiger partial charge in [-0.2, -0.15) is 0 Å². The van der Waals surface area contributed by atoms with Gasteiger partial charge in [0.1, 0.15) is 0 Å². The maximum Gasteiger partial charge on any atom is 0.0219 e. The molecule has 1 saturated heterocycles. The number of hydrogen-bond donors (Lipinski definition) is 2. The van der Waals surface area contributed by atoms with Crippen molar-refractivity contribution in [2.45, 2.75) is 44.2 Å². The van der Waals surface area contributed by atoms with E-state index in [1.54, 1.807) is 0 Å². The van der Waals surface area contributed by atoms with Crippen LogP contribution in [0, 0.1) is 5.92 Å². The van der Waals surface area contributed by atoms with Gasteiger partial charge in [0.15, 0.2) is 0 Å². The maximum absolute atomic E-state index is 6.02. The molecule has 2 aliphatic rings. The van der Waals surface area contributed by atoms with Gasteiger partial charge in [-0.3, -0.25) is 0 Å². The van der Waals surface area contributed by atoms with E-state index in [0.29, 0.717) is 12.1 Å². The Hall–Kier alpha value is -0.120. The Morgan fingerprint density at radius 1 is 1.33 bits per heavy atom. The smallest absolute Gasteiger partial charge is 0.0219 e. The van der Waals surface area contributed by atoms with E-state index in [9.17, 15) is 0 Å². The van der Waals surface area contributed by atoms with Gasteiger partial charge in [0.05, 0.1) is 0 Å². The zero-order chi connectivity index (χ0) is 10.7. The van der Waals surface area contributed by atoms with Crippen molar-refractivity contribution in [2.24, 2.45) is 11.7 Å². The van der Waals surface area contributed by atoms with Crippen LogP contribution >= 0.6 is 0 Å². The van der Waals surface area contributed by atoms with Crippen molar-refractivity contribution in [1.82, 2.24) is 10.2 Å². The van der Waals surface area contributed by atoms with Gasteiger partial charge in [-0.15, -0.1) is 0 Å². The lowest BCUT2D eigenvalue weighted by molar-refractivity contribution is 0.376. The number of nitrogens with zero attached hydrogens (tertiary/aromatic N) is 1. The van der Waals surface area contributed by atoms with E-state index in [1.807, 2.05) is 0 Å². The Morgan fingerprint density at radius 2 is 2.20 bits per heavy atom. The second-order valence-corrected chi connectivity index (χ2v) is 5.36. The first-order valence-corrected chi connectivity index (χ1v) is 6.43. The summed E-state index contributed by atoms with van der Waals surface area (Å²) in [5.74, 6) is 0.917. The van der Waals surface area contributed by atoms with E-state index in [1.165, 1.54) is 45.2 Å². The molecule has 1 saturated carbocycles. The van der Waals surface area contributed by atoms with Crippen molar-refractivity contribution in [1.29, 1.82) is 0 Å². The van der Waals surface area contributed by atoms with Crippen LogP contribution in [0.15, 0.2) is 0 Å². The number of rotatable bonds is 4. The van der Waals surface area contributed by atoms with Gasteiger partial charge in [0.25, 0.3) is 0 Å². The Labute approximate surface area is 93.4 Å². The van der Waals surface area contributed by atoms with Crippen molar-refractivity contribution in [3.8, 4) is 0 Å². The van der Waals surface area contributed by atoms with E-state index < -0.39 is 0 Å². The largest absolute Gasteiger partial charge is 0.326 e. The van der Waals surface area contributed by atoms with Crippen molar-refractivity contribution < 1.29 is 0 Å². The highest BCUT2D eigenvalue weighted by Gasteiger charge is 2.24. The van der Waals surface area contributed by atoms with E-state index in [-0.39, 0.29) is 0 Å². The molecule has 1 aliphatic carbocycles. The van der Waals surface area contributed by atoms with E-state index in [0.717, 1.165) is 12.5 Å². The predicted molar refractivity (Wildman–Crippen MR) is 63.8 cm³/mol. The Balaban J connectivity index is 1.58. The van der Waals surface area contributed by atoms with Gasteiger partial charge >= 0.3 is 0 Å². The minimum absolute atomic E-state index is 0.413. The first kappa shape index (κ1) is 11.4. The summed E-state index contributed by atoms with van der Waals surface area (Å²) in [6.07, 6.45) is 6.52. The maximum atomic E-state index is 6.02. The first-order chi connectivity index (χ1) is 7.25. The molecule has 3 heteroatoms. The minimum atomic E-state index is 0.413. The molecule has 0 aromatic rings. The molecule has 3 N–H and O–H groups in total. The quantitative estimate of drug-likeness (QED) is 0.722. The minimum Gasteiger partial charge on any atom is -0.326 e. The summed E-state index contributed by atoms with van der Waals surface area (Å²) in [5, 5.41) is 3.63. The normalized spacial score (nSPS) is 37.6. The van der Waals surface area contributed by atoms with E-state index >= 15 is 0 Å². The number of likely N-dealkylation sites (tertiary alicyclic amines) is 1. The van der Waals surface area contributed by atoms with Crippen LogP contribution in [-0.2, 0) is 0 Å². The third-order valence-corrected chi connectivity index (χ3v) is 4.02. The molecule has 0 aromatic carbocycles. The summed E-state index contributed by atoms with van der Waals surface area (Å²) in [5.41, 5.74) is 6.02.